The summed E-state index contributed by atoms with van der Waals surface area (Å²) in [5.41, 5.74) is 7.81. The Morgan fingerprint density at radius 2 is 0.960 bits per heavy atom. The first-order valence-electron chi connectivity index (χ1n) is 32.8. The van der Waals surface area contributed by atoms with Crippen LogP contribution >= 0.6 is 0 Å². The number of amides is 3. The molecule has 2 aliphatic heterocycles. The van der Waals surface area contributed by atoms with Crippen molar-refractivity contribution in [3.8, 4) is 67.8 Å². The molecular weight excluding hydrogens is 1340 g/mol. The zero-order valence-corrected chi connectivity index (χ0v) is 58.0. The van der Waals surface area contributed by atoms with Gasteiger partial charge in [0.05, 0.1) is 35.0 Å². The van der Waals surface area contributed by atoms with Crippen LogP contribution in [0.5, 0.6) is 0 Å². The lowest BCUT2D eigenvalue weighted by atomic mass is 9.95. The highest BCUT2D eigenvalue weighted by Gasteiger charge is 2.34. The number of likely N-dealkylation sites (tertiary alicyclic amines) is 1. The van der Waals surface area contributed by atoms with Crippen LogP contribution in [0.3, 0.4) is 0 Å². The SMILES string of the molecule is CNC(=O)c1c(-c2ccc(F)cc2)oc2cc(N(CC3CCN(C(=O)OC(C)(C)C)CC3)S(C)(=O)=O)c(-c3cccc(-c4nc5ncccc5o4)c3)cc12.CNC(=O)c1c(-c2ccc(F)cc2)oc2cc(N(CC3CCNCC3)S(C)(=O)=O)c(-c3cccc(-c4nc5ncccc5o4)c3)cc12. The number of carbonyl (C=O) groups excluding carboxylic acids is 3. The summed E-state index contributed by atoms with van der Waals surface area (Å²) in [6, 6.07) is 40.0. The third-order valence-electron chi connectivity index (χ3n) is 17.8. The van der Waals surface area contributed by atoms with Gasteiger partial charge in [-0.3, -0.25) is 18.2 Å². The molecule has 26 heteroatoms. The number of sulfonamides is 2. The molecule has 0 atom stereocenters. The number of nitrogens with zero attached hydrogens (tertiary/aromatic N) is 7. The van der Waals surface area contributed by atoms with Crippen LogP contribution in [0.2, 0.25) is 0 Å². The standard InChI is InChI=1S/C40H40FN5O7S.C35H32FN5O5S/c1-40(2,3)53-39(48)45-18-15-24(16-19-45)23-46(54(5,49)50)31-22-33-30(34(37(47)42-4)35(51-33)25-11-13-28(41)14-12-25)21-29(31)26-8-6-9-27(20-26)38-44-36-32(52-38)10-7-17-43-36;1-37-34(42)31-27-18-26(23-5-3-6-24(17-23)35-40-33-29(46-35)7-4-14-39-33)28(41(47(2,43)44)20-21-12-15-38-16-13-21)19-30(27)45-32(31)22-8-10-25(36)11-9-22/h6-14,17,20-22,24H,15-16,18-19,23H2,1-5H3,(H,42,47);3-11,14,17-19,21,38H,12-13,15-16,20H2,1-2H3,(H,37,42). The Labute approximate surface area is 580 Å². The number of benzene rings is 6. The molecule has 2 saturated heterocycles. The minimum atomic E-state index is -3.90. The van der Waals surface area contributed by atoms with E-state index in [1.807, 2.05) is 69.3 Å². The van der Waals surface area contributed by atoms with E-state index in [1.54, 1.807) is 78.0 Å². The molecule has 22 nitrogen and oxygen atoms in total. The Morgan fingerprint density at radius 3 is 1.36 bits per heavy atom. The number of halogens is 2. The van der Waals surface area contributed by atoms with E-state index < -0.39 is 55.2 Å². The fourth-order valence-corrected chi connectivity index (χ4v) is 14.8. The molecule has 101 heavy (non-hydrogen) atoms. The third-order valence-corrected chi connectivity index (χ3v) is 20.1. The van der Waals surface area contributed by atoms with Crippen molar-refractivity contribution >= 4 is 93.7 Å². The van der Waals surface area contributed by atoms with Crippen molar-refractivity contribution in [3.63, 3.8) is 0 Å². The molecule has 0 bridgehead atoms. The van der Waals surface area contributed by atoms with Crippen molar-refractivity contribution in [2.45, 2.75) is 52.1 Å². The first-order chi connectivity index (χ1) is 48.4. The number of hydrogen-bond acceptors (Lipinski definition) is 17. The van der Waals surface area contributed by atoms with E-state index in [0.717, 1.165) is 32.2 Å². The van der Waals surface area contributed by atoms with E-state index in [-0.39, 0.29) is 53.2 Å². The Hall–Kier alpha value is -10.8. The summed E-state index contributed by atoms with van der Waals surface area (Å²) in [4.78, 5) is 59.0. The number of anilines is 2. The number of oxazole rings is 2. The van der Waals surface area contributed by atoms with E-state index in [9.17, 15) is 40.0 Å². The van der Waals surface area contributed by atoms with Crippen molar-refractivity contribution in [2.24, 2.45) is 11.8 Å². The van der Waals surface area contributed by atoms with Crippen molar-refractivity contribution in [1.82, 2.24) is 40.8 Å². The highest BCUT2D eigenvalue weighted by atomic mass is 32.2. The van der Waals surface area contributed by atoms with Gasteiger partial charge in [-0.05, 0) is 192 Å². The predicted octanol–water partition coefficient (Wildman–Crippen LogP) is 14.1. The quantitative estimate of drug-likeness (QED) is 0.0810. The summed E-state index contributed by atoms with van der Waals surface area (Å²) in [6.07, 6.45) is 8.01. The summed E-state index contributed by atoms with van der Waals surface area (Å²) in [5, 5.41) is 9.62. The van der Waals surface area contributed by atoms with Crippen LogP contribution in [0.1, 0.15) is 67.2 Å². The van der Waals surface area contributed by atoms with Crippen LogP contribution < -0.4 is 24.6 Å². The second kappa shape index (κ2) is 28.1. The van der Waals surface area contributed by atoms with Gasteiger partial charge in [0.1, 0.15) is 39.9 Å². The maximum atomic E-state index is 13.9. The van der Waals surface area contributed by atoms with E-state index in [1.165, 1.54) is 65.4 Å². The molecule has 0 radical (unpaired) electrons. The summed E-state index contributed by atoms with van der Waals surface area (Å²) in [7, 11) is -4.65. The molecule has 0 spiro atoms. The predicted molar refractivity (Wildman–Crippen MR) is 383 cm³/mol. The molecular formula is C75H72F2N10O12S2. The van der Waals surface area contributed by atoms with Crippen LogP contribution in [0, 0.1) is 23.5 Å². The Morgan fingerprint density at radius 1 is 0.545 bits per heavy atom. The van der Waals surface area contributed by atoms with Crippen molar-refractivity contribution in [1.29, 1.82) is 0 Å². The molecule has 0 aliphatic carbocycles. The summed E-state index contributed by atoms with van der Waals surface area (Å²) >= 11 is 0. The first kappa shape index (κ1) is 68.7. The molecule has 3 N–H and O–H groups in total. The number of hydrogen-bond donors (Lipinski definition) is 3. The van der Waals surface area contributed by atoms with Gasteiger partial charge in [0, 0.05) is 109 Å². The monoisotopic (exact) mass is 1410 g/mol. The summed E-state index contributed by atoms with van der Waals surface area (Å²) in [5.74, 6) is -0.498. The number of pyridine rings is 2. The van der Waals surface area contributed by atoms with Crippen molar-refractivity contribution < 1.29 is 62.4 Å². The van der Waals surface area contributed by atoms with Gasteiger partial charge in [-0.2, -0.15) is 9.97 Å². The molecule has 2 aliphatic rings. The lowest BCUT2D eigenvalue weighted by Gasteiger charge is -2.36. The largest absolute Gasteiger partial charge is 0.455 e. The van der Waals surface area contributed by atoms with Crippen molar-refractivity contribution in [2.75, 3.05) is 74.5 Å². The number of nitrogens with one attached hydrogen (secondary N) is 3. The summed E-state index contributed by atoms with van der Waals surface area (Å²) < 4.78 is 116. The number of ether oxygens (including phenoxy) is 1. The number of carbonyl (C=O) groups is 3. The van der Waals surface area contributed by atoms with E-state index >= 15 is 0 Å². The van der Waals surface area contributed by atoms with E-state index in [0.29, 0.717) is 132 Å². The highest BCUT2D eigenvalue weighted by Crippen LogP contribution is 2.46. The minimum Gasteiger partial charge on any atom is -0.455 e. The molecule has 520 valence electrons. The van der Waals surface area contributed by atoms with E-state index in [2.05, 4.69) is 35.9 Å². The van der Waals surface area contributed by atoms with Gasteiger partial charge in [-0.15, -0.1) is 0 Å². The number of fused-ring (bicyclic) bond motifs is 4. The molecule has 6 aromatic carbocycles. The number of piperidine rings is 2. The third kappa shape index (κ3) is 14.8. The van der Waals surface area contributed by atoms with Gasteiger partial charge in [-0.1, -0.05) is 24.3 Å². The van der Waals surface area contributed by atoms with Crippen LogP contribution in [0.4, 0.5) is 25.0 Å². The maximum Gasteiger partial charge on any atom is 0.410 e. The zero-order chi connectivity index (χ0) is 71.1. The van der Waals surface area contributed by atoms with Gasteiger partial charge in [0.2, 0.25) is 31.8 Å². The fourth-order valence-electron chi connectivity index (χ4n) is 12.9. The van der Waals surface area contributed by atoms with Gasteiger partial charge in [0.25, 0.3) is 11.8 Å². The Bertz CT molecular complexity index is 5300. The molecule has 8 heterocycles. The number of aromatic nitrogens is 4. The molecule has 6 aromatic heterocycles. The highest BCUT2D eigenvalue weighted by molar-refractivity contribution is 7.92. The molecule has 14 rings (SSSR count). The number of furan rings is 2. The van der Waals surface area contributed by atoms with E-state index in [4.69, 9.17) is 22.4 Å². The molecule has 3 amide bonds. The molecule has 2 fully saturated rings. The van der Waals surface area contributed by atoms with Crippen LogP contribution in [0.15, 0.2) is 176 Å². The Balaban J connectivity index is 0.000000182. The average molecular weight is 1410 g/mol. The fraction of sp³-hybridized carbons (Fsp3) is 0.267. The smallest absolute Gasteiger partial charge is 0.410 e. The van der Waals surface area contributed by atoms with Gasteiger partial charge in [0.15, 0.2) is 22.5 Å². The first-order valence-corrected chi connectivity index (χ1v) is 36.5. The van der Waals surface area contributed by atoms with Gasteiger partial charge in [-0.25, -0.2) is 40.4 Å². The molecule has 0 unspecified atom stereocenters. The topological polar surface area (TPSA) is 279 Å². The average Bonchev–Trinajstić information content (AvgIpc) is 1.63. The lowest BCUT2D eigenvalue weighted by molar-refractivity contribution is 0.0186. The van der Waals surface area contributed by atoms with Gasteiger partial charge < -0.3 is 43.3 Å². The summed E-state index contributed by atoms with van der Waals surface area (Å²) in [6.45, 7) is 8.31. The molecule has 0 saturated carbocycles. The normalized spacial score (nSPS) is 14.1. The second-order valence-electron chi connectivity index (χ2n) is 26.1. The van der Waals surface area contributed by atoms with Crippen LogP contribution in [-0.2, 0) is 24.8 Å². The van der Waals surface area contributed by atoms with Crippen LogP contribution in [-0.4, -0.2) is 131 Å². The van der Waals surface area contributed by atoms with Crippen LogP contribution in [0.25, 0.3) is 112 Å². The van der Waals surface area contributed by atoms with Crippen molar-refractivity contribution in [3.05, 3.63) is 181 Å². The zero-order valence-electron chi connectivity index (χ0n) is 56.3. The number of rotatable bonds is 16. The maximum absolute atomic E-state index is 13.9. The lowest BCUT2D eigenvalue weighted by Crippen LogP contribution is -2.44. The molecule has 12 aromatic rings. The second-order valence-corrected chi connectivity index (χ2v) is 29.9. The van der Waals surface area contributed by atoms with Gasteiger partial charge >= 0.3 is 6.09 Å². The Kier molecular flexibility index (Phi) is 19.1. The minimum absolute atomic E-state index is 0.0895.